The van der Waals surface area contributed by atoms with E-state index >= 15 is 0 Å². The molecule has 1 aliphatic carbocycles. The predicted octanol–water partition coefficient (Wildman–Crippen LogP) is 3.64. The summed E-state index contributed by atoms with van der Waals surface area (Å²) < 4.78 is 41.5. The fraction of sp³-hybridized carbons (Fsp3) is 0.318. The molecule has 0 saturated heterocycles. The maximum atomic E-state index is 14.0. The van der Waals surface area contributed by atoms with Gasteiger partial charge in [0.1, 0.15) is 11.9 Å². The molecule has 0 spiro atoms. The van der Waals surface area contributed by atoms with Gasteiger partial charge >= 0.3 is 0 Å². The van der Waals surface area contributed by atoms with Gasteiger partial charge in [0.05, 0.1) is 6.04 Å². The third-order valence-electron chi connectivity index (χ3n) is 5.00. The minimum absolute atomic E-state index is 0.269. The van der Waals surface area contributed by atoms with Gasteiger partial charge in [-0.1, -0.05) is 42.5 Å². The molecule has 160 valence electrons. The highest BCUT2D eigenvalue weighted by Crippen LogP contribution is 2.32. The van der Waals surface area contributed by atoms with E-state index in [4.69, 9.17) is 0 Å². The molecule has 0 aromatic heterocycles. The second kappa shape index (κ2) is 10.2. The highest BCUT2D eigenvalue weighted by molar-refractivity contribution is 7.98. The van der Waals surface area contributed by atoms with E-state index in [0.717, 1.165) is 16.5 Å². The Morgan fingerprint density at radius 1 is 1.23 bits per heavy atom. The molecule has 2 aromatic rings. The lowest BCUT2D eigenvalue weighted by molar-refractivity contribution is -0.123. The van der Waals surface area contributed by atoms with Crippen molar-refractivity contribution < 1.29 is 17.6 Å². The molecule has 2 N–H and O–H groups in total. The Labute approximate surface area is 181 Å². The Kier molecular flexibility index (Phi) is 7.69. The Morgan fingerprint density at radius 2 is 2.00 bits per heavy atom. The number of sulfonamides is 1. The molecule has 3 rings (SSSR count). The first-order valence-electron chi connectivity index (χ1n) is 9.71. The van der Waals surface area contributed by atoms with Crippen LogP contribution in [0.4, 0.5) is 4.39 Å². The van der Waals surface area contributed by atoms with Crippen LogP contribution in [0.1, 0.15) is 35.6 Å². The second-order valence-electron chi connectivity index (χ2n) is 7.12. The number of halogens is 1. The standard InChI is InChI=1S/C22H25FN2O3S2/c1-29-14-12-21(25-30(27,28)15-13-16-6-3-2-4-7-16)22(26)24-20-11-10-17-18(20)8-5-9-19(17)23/h2-9,13,15,20-21,25H,10-12,14H2,1H3,(H,24,26)/b15-13+. The Balaban J connectivity index is 1.70. The minimum atomic E-state index is -3.82. The third-order valence-corrected chi connectivity index (χ3v) is 6.75. The number of hydrogen-bond acceptors (Lipinski definition) is 4. The van der Waals surface area contributed by atoms with Gasteiger partial charge < -0.3 is 5.32 Å². The lowest BCUT2D eigenvalue weighted by atomic mass is 10.1. The van der Waals surface area contributed by atoms with Crippen molar-refractivity contribution in [3.63, 3.8) is 0 Å². The van der Waals surface area contributed by atoms with E-state index < -0.39 is 22.0 Å². The first kappa shape index (κ1) is 22.5. The van der Waals surface area contributed by atoms with Crippen LogP contribution in [0.3, 0.4) is 0 Å². The molecule has 2 aromatic carbocycles. The topological polar surface area (TPSA) is 75.3 Å². The molecular weight excluding hydrogens is 423 g/mol. The van der Waals surface area contributed by atoms with Gasteiger partial charge in [-0.2, -0.15) is 16.5 Å². The van der Waals surface area contributed by atoms with Crippen LogP contribution in [0.15, 0.2) is 53.9 Å². The number of nitrogens with one attached hydrogen (secondary N) is 2. The van der Waals surface area contributed by atoms with Crippen LogP contribution in [0.25, 0.3) is 6.08 Å². The quantitative estimate of drug-likeness (QED) is 0.614. The van der Waals surface area contributed by atoms with Gasteiger partial charge in [-0.15, -0.1) is 0 Å². The first-order chi connectivity index (χ1) is 14.4. The number of carbonyl (C=O) groups is 1. The van der Waals surface area contributed by atoms with Crippen LogP contribution >= 0.6 is 11.8 Å². The van der Waals surface area contributed by atoms with Crippen molar-refractivity contribution >= 4 is 33.8 Å². The Morgan fingerprint density at radius 3 is 2.73 bits per heavy atom. The summed E-state index contributed by atoms with van der Waals surface area (Å²) in [6, 6.07) is 12.7. The lowest BCUT2D eigenvalue weighted by Gasteiger charge is -2.21. The van der Waals surface area contributed by atoms with Gasteiger partial charge in [-0.3, -0.25) is 4.79 Å². The van der Waals surface area contributed by atoms with E-state index in [1.807, 2.05) is 24.5 Å². The van der Waals surface area contributed by atoms with Crippen molar-refractivity contribution in [2.24, 2.45) is 0 Å². The molecule has 1 aliphatic rings. The SMILES string of the molecule is CSCCC(NS(=O)(=O)/C=C/c1ccccc1)C(=O)NC1CCc2c(F)cccc21. The highest BCUT2D eigenvalue weighted by atomic mass is 32.2. The minimum Gasteiger partial charge on any atom is -0.348 e. The number of amides is 1. The summed E-state index contributed by atoms with van der Waals surface area (Å²) >= 11 is 1.53. The van der Waals surface area contributed by atoms with E-state index in [-0.39, 0.29) is 11.9 Å². The van der Waals surface area contributed by atoms with Crippen molar-refractivity contribution in [2.45, 2.75) is 31.3 Å². The molecule has 0 fully saturated rings. The van der Waals surface area contributed by atoms with Crippen molar-refractivity contribution in [3.05, 3.63) is 76.4 Å². The number of thioether (sulfide) groups is 1. The van der Waals surface area contributed by atoms with Crippen LogP contribution in [0, 0.1) is 5.82 Å². The number of rotatable bonds is 9. The van der Waals surface area contributed by atoms with Crippen LogP contribution in [0.2, 0.25) is 0 Å². The van der Waals surface area contributed by atoms with Crippen LogP contribution in [-0.2, 0) is 21.2 Å². The van der Waals surface area contributed by atoms with Crippen LogP contribution < -0.4 is 10.0 Å². The van der Waals surface area contributed by atoms with Crippen molar-refractivity contribution in [1.29, 1.82) is 0 Å². The zero-order chi connectivity index (χ0) is 21.6. The number of benzene rings is 2. The number of hydrogen-bond donors (Lipinski definition) is 2. The summed E-state index contributed by atoms with van der Waals surface area (Å²) in [6.45, 7) is 0. The molecule has 2 atom stereocenters. The molecule has 0 aliphatic heterocycles. The molecule has 0 heterocycles. The Bertz CT molecular complexity index is 1010. The van der Waals surface area contributed by atoms with E-state index in [1.54, 1.807) is 24.3 Å². The zero-order valence-corrected chi connectivity index (χ0v) is 18.3. The summed E-state index contributed by atoms with van der Waals surface area (Å²) in [5.41, 5.74) is 2.13. The normalized spacial score (nSPS) is 17.1. The number of fused-ring (bicyclic) bond motifs is 1. The maximum absolute atomic E-state index is 14.0. The molecule has 5 nitrogen and oxygen atoms in total. The highest BCUT2D eigenvalue weighted by Gasteiger charge is 2.29. The van der Waals surface area contributed by atoms with Gasteiger partial charge in [0.15, 0.2) is 0 Å². The molecule has 2 unspecified atom stereocenters. The summed E-state index contributed by atoms with van der Waals surface area (Å²) in [6.07, 6.45) is 4.89. The van der Waals surface area contributed by atoms with E-state index in [1.165, 1.54) is 23.9 Å². The summed E-state index contributed by atoms with van der Waals surface area (Å²) in [5.74, 6) is -0.0448. The molecular formula is C22H25FN2O3S2. The molecule has 0 bridgehead atoms. The summed E-state index contributed by atoms with van der Waals surface area (Å²) in [4.78, 5) is 12.9. The molecule has 1 amide bonds. The van der Waals surface area contributed by atoms with Crippen LogP contribution in [0.5, 0.6) is 0 Å². The van der Waals surface area contributed by atoms with Crippen molar-refractivity contribution in [3.8, 4) is 0 Å². The predicted molar refractivity (Wildman–Crippen MR) is 120 cm³/mol. The number of carbonyl (C=O) groups excluding carboxylic acids is 1. The lowest BCUT2D eigenvalue weighted by Crippen LogP contribution is -2.47. The zero-order valence-electron chi connectivity index (χ0n) is 16.7. The fourth-order valence-corrected chi connectivity index (χ4v) is 4.99. The second-order valence-corrected chi connectivity index (χ2v) is 9.70. The molecule has 0 saturated carbocycles. The molecule has 30 heavy (non-hydrogen) atoms. The van der Waals surface area contributed by atoms with E-state index in [0.29, 0.717) is 30.6 Å². The van der Waals surface area contributed by atoms with Gasteiger partial charge in [-0.05, 0) is 60.1 Å². The molecule has 0 radical (unpaired) electrons. The average Bonchev–Trinajstić information content (AvgIpc) is 3.14. The third kappa shape index (κ3) is 5.93. The van der Waals surface area contributed by atoms with E-state index in [2.05, 4.69) is 10.0 Å². The smallest absolute Gasteiger partial charge is 0.238 e. The summed E-state index contributed by atoms with van der Waals surface area (Å²) in [5, 5.41) is 3.97. The van der Waals surface area contributed by atoms with Crippen LogP contribution in [-0.4, -0.2) is 32.4 Å². The fourth-order valence-electron chi connectivity index (χ4n) is 3.48. The van der Waals surface area contributed by atoms with Crippen molar-refractivity contribution in [1.82, 2.24) is 10.0 Å². The average molecular weight is 449 g/mol. The monoisotopic (exact) mass is 448 g/mol. The maximum Gasteiger partial charge on any atom is 0.238 e. The van der Waals surface area contributed by atoms with Gasteiger partial charge in [0.25, 0.3) is 0 Å². The van der Waals surface area contributed by atoms with Gasteiger partial charge in [0, 0.05) is 5.41 Å². The van der Waals surface area contributed by atoms with Gasteiger partial charge in [-0.25, -0.2) is 12.8 Å². The summed E-state index contributed by atoms with van der Waals surface area (Å²) in [7, 11) is -3.82. The van der Waals surface area contributed by atoms with Gasteiger partial charge in [0.2, 0.25) is 15.9 Å². The molecule has 8 heteroatoms. The van der Waals surface area contributed by atoms with E-state index in [9.17, 15) is 17.6 Å². The largest absolute Gasteiger partial charge is 0.348 e. The Hall–Kier alpha value is -2.16. The van der Waals surface area contributed by atoms with Crippen molar-refractivity contribution in [2.75, 3.05) is 12.0 Å². The first-order valence-corrected chi connectivity index (χ1v) is 12.7.